The summed E-state index contributed by atoms with van der Waals surface area (Å²) in [4.78, 5) is 32.3. The van der Waals surface area contributed by atoms with Crippen LogP contribution >= 0.6 is 38.9 Å². The van der Waals surface area contributed by atoms with Crippen LogP contribution in [0.1, 0.15) is 43.5 Å². The van der Waals surface area contributed by atoms with E-state index < -0.39 is 12.0 Å². The Hall–Kier alpha value is -3.66. The largest absolute Gasteiger partial charge is 0.494 e. The number of aromatic nitrogens is 1. The Bertz CT molecular complexity index is 1850. The number of carbonyl (C=O) groups excluding carboxylic acids is 1. The molecule has 3 aromatic carbocycles. The molecule has 2 heterocycles. The molecule has 0 N–H and O–H groups in total. The number of carbonyl (C=O) groups is 1. The van der Waals surface area contributed by atoms with Crippen LogP contribution in [0.4, 0.5) is 0 Å². The quantitative estimate of drug-likeness (QED) is 0.199. The van der Waals surface area contributed by atoms with Crippen molar-refractivity contribution in [1.82, 2.24) is 4.57 Å². The maximum atomic E-state index is 14.0. The molecule has 1 aliphatic heterocycles. The Balaban J connectivity index is 1.61. The molecule has 216 valence electrons. The lowest BCUT2D eigenvalue weighted by Gasteiger charge is -2.24. The Kier molecular flexibility index (Phi) is 9.30. The molecule has 0 amide bonds. The molecule has 0 saturated heterocycles. The van der Waals surface area contributed by atoms with E-state index in [1.54, 1.807) is 24.5 Å². The summed E-state index contributed by atoms with van der Waals surface area (Å²) in [6.45, 7) is 6.47. The fourth-order valence-corrected chi connectivity index (χ4v) is 6.34. The number of thiazole rings is 1. The molecule has 0 fully saturated rings. The van der Waals surface area contributed by atoms with Crippen LogP contribution in [0.25, 0.3) is 6.08 Å². The first kappa shape index (κ1) is 29.8. The molecule has 42 heavy (non-hydrogen) atoms. The summed E-state index contributed by atoms with van der Waals surface area (Å²) in [5.41, 5.74) is 2.95. The van der Waals surface area contributed by atoms with E-state index in [9.17, 15) is 9.59 Å². The molecule has 0 aliphatic carbocycles. The first-order chi connectivity index (χ1) is 20.3. The van der Waals surface area contributed by atoms with Gasteiger partial charge in [-0.3, -0.25) is 9.36 Å². The number of benzene rings is 3. The number of ether oxygens (including phenoxy) is 3. The van der Waals surface area contributed by atoms with Gasteiger partial charge in [-0.25, -0.2) is 9.79 Å². The summed E-state index contributed by atoms with van der Waals surface area (Å²) in [7, 11) is 0. The first-order valence-corrected chi connectivity index (χ1v) is 15.4. The molecule has 5 rings (SSSR count). The average molecular weight is 668 g/mol. The maximum Gasteiger partial charge on any atom is 0.338 e. The SMILES string of the molecule is CCOC(=O)C1=C(C)N=c2s/c(=C\c3cc(Br)ccc3OCc3cccc(Cl)c3)c(=O)n2[C@@H]1c1ccc(OCC)cc1. The number of rotatable bonds is 9. The molecular weight excluding hydrogens is 640 g/mol. The standard InChI is InChI=1S/C32H28BrClN2O5S/c1-4-39-25-12-9-21(10-13-25)29-28(31(38)40-5-2)19(3)35-32-36(29)30(37)27(42-32)17-22-16-23(33)11-14-26(22)41-18-20-7-6-8-24(34)15-20/h6-17,29H,4-5,18H2,1-3H3/b27-17-/t29-/m1/s1. The zero-order valence-electron chi connectivity index (χ0n) is 23.2. The zero-order chi connectivity index (χ0) is 29.8. The third-order valence-corrected chi connectivity index (χ3v) is 8.28. The van der Waals surface area contributed by atoms with Gasteiger partial charge in [0.1, 0.15) is 18.1 Å². The van der Waals surface area contributed by atoms with E-state index >= 15 is 0 Å². The third-order valence-electron chi connectivity index (χ3n) is 6.57. The summed E-state index contributed by atoms with van der Waals surface area (Å²) in [6, 6.07) is 19.8. The summed E-state index contributed by atoms with van der Waals surface area (Å²) >= 11 is 10.9. The minimum absolute atomic E-state index is 0.205. The van der Waals surface area contributed by atoms with Gasteiger partial charge in [0, 0.05) is 15.1 Å². The average Bonchev–Trinajstić information content (AvgIpc) is 3.26. The van der Waals surface area contributed by atoms with Gasteiger partial charge < -0.3 is 14.2 Å². The van der Waals surface area contributed by atoms with Crippen molar-refractivity contribution in [3.8, 4) is 11.5 Å². The van der Waals surface area contributed by atoms with Gasteiger partial charge in [0.05, 0.1) is 35.1 Å². The van der Waals surface area contributed by atoms with Crippen molar-refractivity contribution in [3.63, 3.8) is 0 Å². The van der Waals surface area contributed by atoms with E-state index in [0.29, 0.717) is 50.3 Å². The molecule has 1 aliphatic rings. The predicted molar refractivity (Wildman–Crippen MR) is 168 cm³/mol. The summed E-state index contributed by atoms with van der Waals surface area (Å²) < 4.78 is 20.0. The molecule has 0 saturated carbocycles. The molecule has 1 atom stereocenters. The van der Waals surface area contributed by atoms with Crippen molar-refractivity contribution in [2.75, 3.05) is 13.2 Å². The molecule has 10 heteroatoms. The molecule has 0 unspecified atom stereocenters. The van der Waals surface area contributed by atoms with Gasteiger partial charge in [-0.15, -0.1) is 0 Å². The predicted octanol–water partition coefficient (Wildman–Crippen LogP) is 6.19. The highest BCUT2D eigenvalue weighted by Crippen LogP contribution is 2.32. The highest BCUT2D eigenvalue weighted by Gasteiger charge is 2.33. The van der Waals surface area contributed by atoms with Gasteiger partial charge >= 0.3 is 5.97 Å². The van der Waals surface area contributed by atoms with E-state index in [1.807, 2.05) is 73.7 Å². The smallest absolute Gasteiger partial charge is 0.338 e. The van der Waals surface area contributed by atoms with E-state index in [1.165, 1.54) is 11.3 Å². The maximum absolute atomic E-state index is 14.0. The number of hydrogen-bond donors (Lipinski definition) is 0. The second kappa shape index (κ2) is 13.1. The van der Waals surface area contributed by atoms with Crippen LogP contribution in [-0.4, -0.2) is 23.8 Å². The minimum Gasteiger partial charge on any atom is -0.494 e. The fraction of sp³-hybridized carbons (Fsp3) is 0.219. The van der Waals surface area contributed by atoms with E-state index in [4.69, 9.17) is 25.8 Å². The van der Waals surface area contributed by atoms with Gasteiger partial charge in [-0.2, -0.15) is 0 Å². The molecule has 0 radical (unpaired) electrons. The summed E-state index contributed by atoms with van der Waals surface area (Å²) in [5, 5.41) is 0.632. The Morgan fingerprint density at radius 3 is 2.57 bits per heavy atom. The number of nitrogens with zero attached hydrogens (tertiary/aromatic N) is 2. The van der Waals surface area contributed by atoms with Crippen LogP contribution in [0.2, 0.25) is 5.02 Å². The van der Waals surface area contributed by atoms with Crippen molar-refractivity contribution in [1.29, 1.82) is 0 Å². The highest BCUT2D eigenvalue weighted by atomic mass is 79.9. The van der Waals surface area contributed by atoms with Crippen LogP contribution in [0.15, 0.2) is 92.3 Å². The first-order valence-electron chi connectivity index (χ1n) is 13.4. The number of allylic oxidation sites excluding steroid dienone is 1. The lowest BCUT2D eigenvalue weighted by Crippen LogP contribution is -2.39. The van der Waals surface area contributed by atoms with Crippen LogP contribution in [-0.2, 0) is 16.1 Å². The topological polar surface area (TPSA) is 79.1 Å². The molecule has 0 bridgehead atoms. The van der Waals surface area contributed by atoms with Crippen molar-refractivity contribution in [3.05, 3.63) is 124 Å². The second-order valence-electron chi connectivity index (χ2n) is 9.41. The van der Waals surface area contributed by atoms with Gasteiger partial charge in [-0.1, -0.05) is 63.1 Å². The van der Waals surface area contributed by atoms with E-state index in [-0.39, 0.29) is 12.2 Å². The van der Waals surface area contributed by atoms with Gasteiger partial charge in [0.25, 0.3) is 5.56 Å². The van der Waals surface area contributed by atoms with Crippen LogP contribution in [0.3, 0.4) is 0 Å². The molecular formula is C32H28BrClN2O5S. The molecule has 7 nitrogen and oxygen atoms in total. The van der Waals surface area contributed by atoms with Crippen molar-refractivity contribution >= 4 is 50.9 Å². The second-order valence-corrected chi connectivity index (χ2v) is 11.8. The molecule has 1 aromatic heterocycles. The number of fused-ring (bicyclic) bond motifs is 1. The Labute approximate surface area is 260 Å². The Morgan fingerprint density at radius 1 is 1.07 bits per heavy atom. The lowest BCUT2D eigenvalue weighted by molar-refractivity contribution is -0.139. The fourth-order valence-electron chi connectivity index (χ4n) is 4.71. The van der Waals surface area contributed by atoms with Crippen LogP contribution < -0.4 is 24.4 Å². The Morgan fingerprint density at radius 2 is 1.86 bits per heavy atom. The molecule has 0 spiro atoms. The normalized spacial score (nSPS) is 14.8. The van der Waals surface area contributed by atoms with E-state index in [0.717, 1.165) is 21.2 Å². The summed E-state index contributed by atoms with van der Waals surface area (Å²) in [6.07, 6.45) is 1.79. The summed E-state index contributed by atoms with van der Waals surface area (Å²) in [5.74, 6) is 0.804. The monoisotopic (exact) mass is 666 g/mol. The van der Waals surface area contributed by atoms with Crippen LogP contribution in [0, 0.1) is 0 Å². The van der Waals surface area contributed by atoms with Crippen LogP contribution in [0.5, 0.6) is 11.5 Å². The highest BCUT2D eigenvalue weighted by molar-refractivity contribution is 9.10. The van der Waals surface area contributed by atoms with Gasteiger partial charge in [-0.05, 0) is 80.4 Å². The van der Waals surface area contributed by atoms with Crippen molar-refractivity contribution in [2.45, 2.75) is 33.4 Å². The van der Waals surface area contributed by atoms with Gasteiger partial charge in [0.15, 0.2) is 4.80 Å². The number of halogens is 2. The van der Waals surface area contributed by atoms with E-state index in [2.05, 4.69) is 20.9 Å². The minimum atomic E-state index is -0.709. The van der Waals surface area contributed by atoms with Crippen molar-refractivity contribution < 1.29 is 19.0 Å². The third kappa shape index (κ3) is 6.38. The lowest BCUT2D eigenvalue weighted by atomic mass is 9.96. The number of esters is 1. The van der Waals surface area contributed by atoms with Gasteiger partial charge in [0.2, 0.25) is 0 Å². The molecule has 4 aromatic rings. The van der Waals surface area contributed by atoms with Crippen molar-refractivity contribution in [2.24, 2.45) is 4.99 Å². The zero-order valence-corrected chi connectivity index (χ0v) is 26.4. The number of hydrogen-bond acceptors (Lipinski definition) is 7.